The van der Waals surface area contributed by atoms with Crippen molar-refractivity contribution in [2.45, 2.75) is 25.7 Å². The average Bonchev–Trinajstić information content (AvgIpc) is 2.47. The van der Waals surface area contributed by atoms with E-state index in [1.54, 1.807) is 0 Å². The molecule has 0 radical (unpaired) electrons. The predicted molar refractivity (Wildman–Crippen MR) is 84.6 cm³/mol. The van der Waals surface area contributed by atoms with Crippen LogP contribution in [0.1, 0.15) is 25.7 Å². The van der Waals surface area contributed by atoms with Gasteiger partial charge in [-0.05, 0) is 12.8 Å². The summed E-state index contributed by atoms with van der Waals surface area (Å²) >= 11 is 0. The molecule has 2 N–H and O–H groups in total. The summed E-state index contributed by atoms with van der Waals surface area (Å²) in [6.45, 7) is 7.17. The highest BCUT2D eigenvalue weighted by Crippen LogP contribution is 2.10. The number of halogens is 1. The standard InChI is InChI=1S/C14H26N4O2.ClH/c19-13(4-9-18-8-2-1-3-14(18)20)16-7-12-17-10-5-15-6-11-17;/h15H,1-12H2,(H,16,19);1H. The van der Waals surface area contributed by atoms with Crippen molar-refractivity contribution < 1.29 is 9.59 Å². The third-order valence-electron chi connectivity index (χ3n) is 3.99. The Balaban J connectivity index is 0.00000220. The molecule has 7 heteroatoms. The van der Waals surface area contributed by atoms with E-state index in [0.29, 0.717) is 25.9 Å². The van der Waals surface area contributed by atoms with Crippen molar-refractivity contribution in [3.8, 4) is 0 Å². The fraction of sp³-hybridized carbons (Fsp3) is 0.857. The van der Waals surface area contributed by atoms with Crippen LogP contribution in [0.5, 0.6) is 0 Å². The minimum absolute atomic E-state index is 0. The zero-order valence-electron chi connectivity index (χ0n) is 12.6. The molecular formula is C14H27ClN4O2. The van der Waals surface area contributed by atoms with Gasteiger partial charge in [0.2, 0.25) is 11.8 Å². The Kier molecular flexibility index (Phi) is 8.64. The molecule has 2 rings (SSSR count). The number of carbonyl (C=O) groups is 2. The SMILES string of the molecule is Cl.O=C(CCN1CCCCC1=O)NCCN1CCNCC1. The summed E-state index contributed by atoms with van der Waals surface area (Å²) < 4.78 is 0. The first-order valence-electron chi connectivity index (χ1n) is 7.73. The van der Waals surface area contributed by atoms with Gasteiger partial charge in [0.1, 0.15) is 0 Å². The van der Waals surface area contributed by atoms with E-state index in [2.05, 4.69) is 15.5 Å². The van der Waals surface area contributed by atoms with E-state index in [0.717, 1.165) is 52.1 Å². The number of carbonyl (C=O) groups excluding carboxylic acids is 2. The summed E-state index contributed by atoms with van der Waals surface area (Å²) in [5.41, 5.74) is 0. The summed E-state index contributed by atoms with van der Waals surface area (Å²) in [5.74, 6) is 0.253. The van der Waals surface area contributed by atoms with Gasteiger partial charge < -0.3 is 15.5 Å². The van der Waals surface area contributed by atoms with Crippen molar-refractivity contribution in [2.75, 3.05) is 52.4 Å². The van der Waals surface area contributed by atoms with E-state index < -0.39 is 0 Å². The Labute approximate surface area is 133 Å². The first-order chi connectivity index (χ1) is 9.75. The molecule has 0 atom stereocenters. The molecular weight excluding hydrogens is 292 g/mol. The summed E-state index contributed by atoms with van der Waals surface area (Å²) in [7, 11) is 0. The van der Waals surface area contributed by atoms with Crippen LogP contribution in [0.15, 0.2) is 0 Å². The number of nitrogens with zero attached hydrogens (tertiary/aromatic N) is 2. The van der Waals surface area contributed by atoms with Gasteiger partial charge in [-0.1, -0.05) is 0 Å². The molecule has 0 aromatic heterocycles. The number of hydrogen-bond donors (Lipinski definition) is 2. The third kappa shape index (κ3) is 6.63. The number of amides is 2. The maximum atomic E-state index is 11.8. The highest BCUT2D eigenvalue weighted by Gasteiger charge is 2.18. The number of nitrogens with one attached hydrogen (secondary N) is 2. The summed E-state index contributed by atoms with van der Waals surface area (Å²) in [6, 6.07) is 0. The largest absolute Gasteiger partial charge is 0.355 e. The van der Waals surface area contributed by atoms with Crippen molar-refractivity contribution in [2.24, 2.45) is 0 Å². The Bertz CT molecular complexity index is 335. The second kappa shape index (κ2) is 9.97. The molecule has 0 saturated carbocycles. The van der Waals surface area contributed by atoms with Gasteiger partial charge in [-0.2, -0.15) is 0 Å². The summed E-state index contributed by atoms with van der Waals surface area (Å²) in [6.07, 6.45) is 3.13. The van der Waals surface area contributed by atoms with Crippen LogP contribution in [0.4, 0.5) is 0 Å². The monoisotopic (exact) mass is 318 g/mol. The lowest BCUT2D eigenvalue weighted by Gasteiger charge is -2.27. The lowest BCUT2D eigenvalue weighted by Crippen LogP contribution is -2.46. The van der Waals surface area contributed by atoms with Crippen LogP contribution in [0.3, 0.4) is 0 Å². The number of hydrogen-bond acceptors (Lipinski definition) is 4. The molecule has 0 unspecified atom stereocenters. The molecule has 6 nitrogen and oxygen atoms in total. The van der Waals surface area contributed by atoms with E-state index in [-0.39, 0.29) is 24.2 Å². The van der Waals surface area contributed by atoms with Gasteiger partial charge in [0.05, 0.1) is 0 Å². The first kappa shape index (κ1) is 18.2. The number of piperidine rings is 1. The molecule has 2 fully saturated rings. The Hall–Kier alpha value is -0.850. The molecule has 2 aliphatic rings. The van der Waals surface area contributed by atoms with Gasteiger partial charge in [-0.3, -0.25) is 14.5 Å². The summed E-state index contributed by atoms with van der Waals surface area (Å²) in [5, 5.41) is 6.25. The minimum atomic E-state index is 0. The highest BCUT2D eigenvalue weighted by molar-refractivity contribution is 5.85. The highest BCUT2D eigenvalue weighted by atomic mass is 35.5. The Morgan fingerprint density at radius 2 is 1.90 bits per heavy atom. The Morgan fingerprint density at radius 3 is 2.62 bits per heavy atom. The van der Waals surface area contributed by atoms with Crippen molar-refractivity contribution in [1.29, 1.82) is 0 Å². The number of piperazine rings is 1. The van der Waals surface area contributed by atoms with Crippen LogP contribution in [0.2, 0.25) is 0 Å². The molecule has 0 aromatic carbocycles. The molecule has 2 amide bonds. The predicted octanol–water partition coefficient (Wildman–Crippen LogP) is -0.168. The zero-order chi connectivity index (χ0) is 14.2. The zero-order valence-corrected chi connectivity index (χ0v) is 13.4. The van der Waals surface area contributed by atoms with Crippen LogP contribution >= 0.6 is 12.4 Å². The van der Waals surface area contributed by atoms with E-state index in [9.17, 15) is 9.59 Å². The van der Waals surface area contributed by atoms with Crippen LogP contribution in [-0.2, 0) is 9.59 Å². The third-order valence-corrected chi connectivity index (χ3v) is 3.99. The van der Waals surface area contributed by atoms with Gasteiger partial charge in [0.15, 0.2) is 0 Å². The van der Waals surface area contributed by atoms with E-state index >= 15 is 0 Å². The fourth-order valence-corrected chi connectivity index (χ4v) is 2.71. The van der Waals surface area contributed by atoms with Crippen molar-refractivity contribution in [3.63, 3.8) is 0 Å². The molecule has 0 spiro atoms. The summed E-state index contributed by atoms with van der Waals surface area (Å²) in [4.78, 5) is 27.5. The van der Waals surface area contributed by atoms with Gasteiger partial charge in [0.25, 0.3) is 0 Å². The fourth-order valence-electron chi connectivity index (χ4n) is 2.71. The molecule has 2 heterocycles. The van der Waals surface area contributed by atoms with Crippen molar-refractivity contribution in [1.82, 2.24) is 20.4 Å². The normalized spacial score (nSPS) is 20.0. The molecule has 0 aromatic rings. The molecule has 0 aliphatic carbocycles. The van der Waals surface area contributed by atoms with Crippen LogP contribution in [0.25, 0.3) is 0 Å². The minimum Gasteiger partial charge on any atom is -0.355 e. The lowest BCUT2D eigenvalue weighted by molar-refractivity contribution is -0.133. The van der Waals surface area contributed by atoms with Crippen LogP contribution in [-0.4, -0.2) is 74.0 Å². The number of rotatable bonds is 6. The molecule has 122 valence electrons. The number of likely N-dealkylation sites (tertiary alicyclic amines) is 1. The second-order valence-corrected chi connectivity index (χ2v) is 5.53. The van der Waals surface area contributed by atoms with E-state index in [4.69, 9.17) is 0 Å². The maximum absolute atomic E-state index is 11.8. The van der Waals surface area contributed by atoms with E-state index in [1.165, 1.54) is 0 Å². The second-order valence-electron chi connectivity index (χ2n) is 5.53. The van der Waals surface area contributed by atoms with Crippen LogP contribution in [0, 0.1) is 0 Å². The van der Waals surface area contributed by atoms with Crippen molar-refractivity contribution >= 4 is 24.2 Å². The quantitative estimate of drug-likeness (QED) is 0.714. The van der Waals surface area contributed by atoms with E-state index in [1.807, 2.05) is 4.90 Å². The van der Waals surface area contributed by atoms with Gasteiger partial charge >= 0.3 is 0 Å². The smallest absolute Gasteiger partial charge is 0.222 e. The average molecular weight is 319 g/mol. The maximum Gasteiger partial charge on any atom is 0.222 e. The Morgan fingerprint density at radius 1 is 1.14 bits per heavy atom. The molecule has 2 saturated heterocycles. The van der Waals surface area contributed by atoms with Gasteiger partial charge in [-0.25, -0.2) is 0 Å². The molecule has 2 aliphatic heterocycles. The first-order valence-corrected chi connectivity index (χ1v) is 7.73. The lowest BCUT2D eigenvalue weighted by atomic mass is 10.1. The van der Waals surface area contributed by atoms with Crippen molar-refractivity contribution in [3.05, 3.63) is 0 Å². The van der Waals surface area contributed by atoms with Gasteiger partial charge in [-0.15, -0.1) is 12.4 Å². The topological polar surface area (TPSA) is 64.7 Å². The molecule has 21 heavy (non-hydrogen) atoms. The van der Waals surface area contributed by atoms with Crippen LogP contribution < -0.4 is 10.6 Å². The molecule has 0 bridgehead atoms. The van der Waals surface area contributed by atoms with Gasteiger partial charge in [0, 0.05) is 65.2 Å².